The van der Waals surface area contributed by atoms with Gasteiger partial charge in [-0.05, 0) is 48.9 Å². The van der Waals surface area contributed by atoms with E-state index < -0.39 is 11.9 Å². The lowest BCUT2D eigenvalue weighted by atomic mass is 9.85. The molecular weight excluding hydrogens is 548 g/mol. The molecule has 0 fully saturated rings. The Morgan fingerprint density at radius 2 is 1.64 bits per heavy atom. The maximum atomic E-state index is 14.2. The number of fused-ring (bicyclic) bond motifs is 1. The zero-order valence-corrected chi connectivity index (χ0v) is 25.2. The average Bonchev–Trinajstić information content (AvgIpc) is 3.39. The van der Waals surface area contributed by atoms with Gasteiger partial charge in [0.1, 0.15) is 17.1 Å². The van der Waals surface area contributed by atoms with Gasteiger partial charge in [-0.1, -0.05) is 72.4 Å². The minimum atomic E-state index is -0.592. The van der Waals surface area contributed by atoms with Gasteiger partial charge in [0.05, 0.1) is 32.1 Å². The predicted molar refractivity (Wildman–Crippen MR) is 166 cm³/mol. The van der Waals surface area contributed by atoms with Crippen LogP contribution in [0.15, 0.2) is 96.2 Å². The first-order valence-electron chi connectivity index (χ1n) is 14.0. The van der Waals surface area contributed by atoms with Gasteiger partial charge in [0.2, 0.25) is 0 Å². The Bertz CT molecular complexity index is 1490. The van der Waals surface area contributed by atoms with Gasteiger partial charge >= 0.3 is 5.97 Å². The molecule has 7 nitrogen and oxygen atoms in total. The lowest BCUT2D eigenvalue weighted by molar-refractivity contribution is -0.141. The molecule has 2 aliphatic rings. The van der Waals surface area contributed by atoms with Gasteiger partial charge < -0.3 is 19.1 Å². The number of nitrogens with zero attached hydrogens (tertiary/aromatic N) is 2. The predicted octanol–water partition coefficient (Wildman–Crippen LogP) is 5.77. The third-order valence-corrected chi connectivity index (χ3v) is 9.01. The molecule has 0 amide bonds. The molecule has 3 aromatic rings. The van der Waals surface area contributed by atoms with Crippen LogP contribution < -0.4 is 9.47 Å². The van der Waals surface area contributed by atoms with Crippen molar-refractivity contribution in [1.29, 1.82) is 0 Å². The van der Waals surface area contributed by atoms with E-state index in [1.165, 1.54) is 5.56 Å². The molecule has 2 atom stereocenters. The van der Waals surface area contributed by atoms with Crippen molar-refractivity contribution in [2.75, 3.05) is 34.4 Å². The lowest BCUT2D eigenvalue weighted by Crippen LogP contribution is -2.44. The van der Waals surface area contributed by atoms with E-state index in [0.29, 0.717) is 13.1 Å². The van der Waals surface area contributed by atoms with Gasteiger partial charge in [0, 0.05) is 36.3 Å². The molecule has 0 aliphatic carbocycles. The zero-order valence-electron chi connectivity index (χ0n) is 24.4. The number of hydrogen-bond donors (Lipinski definition) is 0. The molecule has 0 bridgehead atoms. The number of carbonyl (C=O) groups is 2. The van der Waals surface area contributed by atoms with Crippen molar-refractivity contribution in [3.8, 4) is 11.5 Å². The first kappa shape index (κ1) is 29.5. The van der Waals surface area contributed by atoms with Gasteiger partial charge in [-0.2, -0.15) is 0 Å². The van der Waals surface area contributed by atoms with Crippen molar-refractivity contribution in [3.63, 3.8) is 0 Å². The summed E-state index contributed by atoms with van der Waals surface area (Å²) in [6, 6.07) is 26.0. The van der Waals surface area contributed by atoms with Gasteiger partial charge in [0.25, 0.3) is 0 Å². The number of ether oxygens (including phenoxy) is 3. The van der Waals surface area contributed by atoms with Crippen LogP contribution in [-0.4, -0.2) is 61.3 Å². The second-order valence-electron chi connectivity index (χ2n) is 10.3. The number of carbonyl (C=O) groups excluding carboxylic acids is 2. The second kappa shape index (κ2) is 13.3. The van der Waals surface area contributed by atoms with Gasteiger partial charge in [-0.15, -0.1) is 0 Å². The molecule has 0 aromatic heterocycles. The zero-order chi connectivity index (χ0) is 29.6. The minimum Gasteiger partial charge on any atom is -0.497 e. The molecule has 0 saturated heterocycles. The Kier molecular flexibility index (Phi) is 9.35. The van der Waals surface area contributed by atoms with E-state index in [0.717, 1.165) is 39.6 Å². The maximum absolute atomic E-state index is 14.2. The number of ketones is 1. The summed E-state index contributed by atoms with van der Waals surface area (Å²) in [6.45, 7) is 3.70. The van der Waals surface area contributed by atoms with Crippen LogP contribution in [0.1, 0.15) is 23.6 Å². The molecule has 3 aromatic carbocycles. The maximum Gasteiger partial charge on any atom is 0.343 e. The van der Waals surface area contributed by atoms with Gasteiger partial charge in [0.15, 0.2) is 5.78 Å². The smallest absolute Gasteiger partial charge is 0.343 e. The van der Waals surface area contributed by atoms with Crippen molar-refractivity contribution in [3.05, 3.63) is 113 Å². The number of methoxy groups -OCH3 is 2. The molecule has 0 saturated carbocycles. The molecule has 218 valence electrons. The fraction of sp³-hybridized carbons (Fsp3) is 0.294. The van der Waals surface area contributed by atoms with Gasteiger partial charge in [-0.25, -0.2) is 4.79 Å². The highest BCUT2D eigenvalue weighted by Gasteiger charge is 2.48. The summed E-state index contributed by atoms with van der Waals surface area (Å²) in [5, 5.41) is -0.238. The topological polar surface area (TPSA) is 68.3 Å². The van der Waals surface area contributed by atoms with Crippen LogP contribution in [0.5, 0.6) is 11.5 Å². The van der Waals surface area contributed by atoms with Crippen molar-refractivity contribution < 1.29 is 23.8 Å². The van der Waals surface area contributed by atoms with Crippen LogP contribution in [0.2, 0.25) is 0 Å². The van der Waals surface area contributed by atoms with E-state index in [1.807, 2.05) is 66.7 Å². The number of thioether (sulfide) groups is 1. The number of Topliss-reactive ketones (excluding diaryl/α,β-unsaturated/α-hetero) is 1. The summed E-state index contributed by atoms with van der Waals surface area (Å²) in [6.07, 6.45) is 1.68. The summed E-state index contributed by atoms with van der Waals surface area (Å²) in [4.78, 5) is 32.6. The number of hydrogen-bond acceptors (Lipinski definition) is 8. The quantitative estimate of drug-likeness (QED) is 0.208. The van der Waals surface area contributed by atoms with Crippen LogP contribution in [0.4, 0.5) is 0 Å². The number of likely N-dealkylation sites (N-methyl/N-ethyl adjacent to an activating group) is 1. The van der Waals surface area contributed by atoms with E-state index in [4.69, 9.17) is 14.2 Å². The van der Waals surface area contributed by atoms with Crippen molar-refractivity contribution >= 4 is 28.4 Å². The Morgan fingerprint density at radius 1 is 0.929 bits per heavy atom. The van der Waals surface area contributed by atoms with Crippen molar-refractivity contribution in [2.24, 2.45) is 5.92 Å². The number of esters is 1. The third kappa shape index (κ3) is 6.25. The SMILES string of the molecule is CCOC(=O)C1=CN(Cc2ccccc2OC)C2SC(c3ccc(OC)cc3)=C(CN(C)Cc3ccccc3)C2C1=O. The van der Waals surface area contributed by atoms with E-state index >= 15 is 0 Å². The van der Waals surface area contributed by atoms with E-state index in [1.54, 1.807) is 39.1 Å². The van der Waals surface area contributed by atoms with Crippen LogP contribution in [-0.2, 0) is 27.4 Å². The second-order valence-corrected chi connectivity index (χ2v) is 11.5. The molecule has 0 radical (unpaired) electrons. The molecular formula is C34H36N2O5S. The molecule has 0 spiro atoms. The monoisotopic (exact) mass is 584 g/mol. The fourth-order valence-corrected chi connectivity index (χ4v) is 7.08. The summed E-state index contributed by atoms with van der Waals surface area (Å²) >= 11 is 1.67. The molecule has 42 heavy (non-hydrogen) atoms. The Morgan fingerprint density at radius 3 is 2.33 bits per heavy atom. The minimum absolute atomic E-state index is 0.0767. The van der Waals surface area contributed by atoms with Crippen LogP contribution in [0.3, 0.4) is 0 Å². The summed E-state index contributed by atoms with van der Waals surface area (Å²) in [7, 11) is 5.36. The van der Waals surface area contributed by atoms with E-state index in [-0.39, 0.29) is 23.3 Å². The normalized spacial score (nSPS) is 18.2. The number of rotatable bonds is 11. The molecule has 2 heterocycles. The standard InChI is InChI=1S/C34H36N2O5S/c1-5-41-34(38)28-22-36(20-25-13-9-10-14-29(25)40-4)33-30(31(28)37)27(21-35(2)19-23-11-7-6-8-12-23)32(42-33)24-15-17-26(39-3)18-16-24/h6-18,22,30,33H,5,19-21H2,1-4H3. The first-order chi connectivity index (χ1) is 20.4. The van der Waals surface area contributed by atoms with Gasteiger partial charge in [-0.3, -0.25) is 9.69 Å². The first-order valence-corrected chi connectivity index (χ1v) is 14.9. The van der Waals surface area contributed by atoms with E-state index in [9.17, 15) is 9.59 Å². The van der Waals surface area contributed by atoms with Crippen LogP contribution in [0.25, 0.3) is 4.91 Å². The van der Waals surface area contributed by atoms with Crippen molar-refractivity contribution in [1.82, 2.24) is 9.80 Å². The Balaban J connectivity index is 1.57. The molecule has 5 rings (SSSR count). The molecule has 2 aliphatic heterocycles. The fourth-order valence-electron chi connectivity index (χ4n) is 5.53. The molecule has 8 heteroatoms. The average molecular weight is 585 g/mol. The Hall–Kier alpha value is -4.01. The number of para-hydroxylation sites is 1. The highest BCUT2D eigenvalue weighted by molar-refractivity contribution is 8.09. The summed E-state index contributed by atoms with van der Waals surface area (Å²) in [5.74, 6) is 0.206. The molecule has 0 N–H and O–H groups in total. The summed E-state index contributed by atoms with van der Waals surface area (Å²) in [5.41, 5.74) is 4.25. The van der Waals surface area contributed by atoms with Crippen molar-refractivity contribution in [2.45, 2.75) is 25.4 Å². The highest BCUT2D eigenvalue weighted by atomic mass is 32.2. The van der Waals surface area contributed by atoms with Crippen LogP contribution in [0, 0.1) is 5.92 Å². The highest BCUT2D eigenvalue weighted by Crippen LogP contribution is 2.52. The lowest BCUT2D eigenvalue weighted by Gasteiger charge is -2.37. The molecule has 2 unspecified atom stereocenters. The largest absolute Gasteiger partial charge is 0.497 e. The Labute approximate surface area is 251 Å². The third-order valence-electron chi connectivity index (χ3n) is 7.49. The number of benzene rings is 3. The summed E-state index contributed by atoms with van der Waals surface area (Å²) < 4.78 is 16.4. The van der Waals surface area contributed by atoms with E-state index in [2.05, 4.69) is 29.0 Å². The van der Waals surface area contributed by atoms with Crippen LogP contribution >= 0.6 is 11.8 Å².